The maximum Gasteiger partial charge on any atom is 0.236 e. The second kappa shape index (κ2) is 10.5. The van der Waals surface area contributed by atoms with Crippen LogP contribution in [0.2, 0.25) is 5.02 Å². The Balaban J connectivity index is 1.68. The van der Waals surface area contributed by atoms with E-state index >= 15 is 0 Å². The number of carbonyl (C=O) groups excluding carboxylic acids is 1. The third-order valence-electron chi connectivity index (χ3n) is 4.26. The Labute approximate surface area is 190 Å². The molecule has 2 heterocycles. The summed E-state index contributed by atoms with van der Waals surface area (Å²) in [5.41, 5.74) is 2.26. The lowest BCUT2D eigenvalue weighted by Crippen LogP contribution is -2.16. The normalized spacial score (nSPS) is 11.7. The summed E-state index contributed by atoms with van der Waals surface area (Å²) < 4.78 is 8.01. The molecule has 1 amide bonds. The number of rotatable bonds is 9. The molecule has 2 aromatic heterocycles. The number of halogens is 1. The van der Waals surface area contributed by atoms with Gasteiger partial charge in [-0.1, -0.05) is 35.5 Å². The van der Waals surface area contributed by atoms with Crippen LogP contribution in [0.3, 0.4) is 0 Å². The molecule has 0 saturated heterocycles. The Bertz CT molecular complexity index is 1050. The fourth-order valence-corrected chi connectivity index (χ4v) is 3.89. The summed E-state index contributed by atoms with van der Waals surface area (Å²) in [6, 6.07) is 9.39. The Morgan fingerprint density at radius 2 is 2.03 bits per heavy atom. The number of nitrogens with zero attached hydrogens (tertiary/aromatic N) is 4. The van der Waals surface area contributed by atoms with Gasteiger partial charge in [0, 0.05) is 12.7 Å². The second-order valence-electron chi connectivity index (χ2n) is 7.02. The average molecular weight is 458 g/mol. The van der Waals surface area contributed by atoms with Gasteiger partial charge in [0.1, 0.15) is 11.6 Å². The highest BCUT2D eigenvalue weighted by Crippen LogP contribution is 2.26. The summed E-state index contributed by atoms with van der Waals surface area (Å²) in [7, 11) is 0. The number of ether oxygens (including phenoxy) is 1. The fourth-order valence-electron chi connectivity index (χ4n) is 3.02. The molecule has 0 unspecified atom stereocenters. The van der Waals surface area contributed by atoms with Gasteiger partial charge in [0.15, 0.2) is 17.1 Å². The van der Waals surface area contributed by atoms with Crippen molar-refractivity contribution in [3.8, 4) is 5.75 Å². The van der Waals surface area contributed by atoms with Crippen molar-refractivity contribution >= 4 is 35.1 Å². The molecule has 1 aromatic carbocycles. The van der Waals surface area contributed by atoms with E-state index in [1.54, 1.807) is 18.2 Å². The van der Waals surface area contributed by atoms with Gasteiger partial charge in [0.05, 0.1) is 10.8 Å². The average Bonchev–Trinajstić information content (AvgIpc) is 3.10. The van der Waals surface area contributed by atoms with Crippen molar-refractivity contribution in [2.24, 2.45) is 0 Å². The molecule has 3 rings (SSSR count). The van der Waals surface area contributed by atoms with E-state index in [0.29, 0.717) is 28.4 Å². The number of pyridine rings is 1. The van der Waals surface area contributed by atoms with Gasteiger partial charge in [-0.3, -0.25) is 9.36 Å². The molecule has 1 atom stereocenters. The van der Waals surface area contributed by atoms with Crippen LogP contribution in [0, 0.1) is 13.8 Å². The van der Waals surface area contributed by atoms with E-state index in [9.17, 15) is 4.79 Å². The van der Waals surface area contributed by atoms with Crippen LogP contribution in [0.25, 0.3) is 0 Å². The van der Waals surface area contributed by atoms with Crippen LogP contribution < -0.4 is 10.1 Å². The van der Waals surface area contributed by atoms with Crippen LogP contribution in [0.4, 0.5) is 5.82 Å². The molecule has 162 valence electrons. The molecule has 0 radical (unpaired) electrons. The van der Waals surface area contributed by atoms with E-state index in [0.717, 1.165) is 16.9 Å². The summed E-state index contributed by atoms with van der Waals surface area (Å²) in [4.78, 5) is 16.3. The Hall–Kier alpha value is -2.84. The number of hydrogen-bond donors (Lipinski definition) is 1. The largest absolute Gasteiger partial charge is 0.483 e. The zero-order chi connectivity index (χ0) is 22.4. The number of thioether (sulfide) groups is 1. The summed E-state index contributed by atoms with van der Waals surface area (Å²) in [6.07, 6.45) is 2.92. The fraction of sp³-hybridized carbons (Fsp3) is 0.273. The lowest BCUT2D eigenvalue weighted by atomic mass is 10.1. The van der Waals surface area contributed by atoms with Crippen molar-refractivity contribution in [3.63, 3.8) is 0 Å². The molecule has 1 N–H and O–H groups in total. The molecule has 0 aliphatic carbocycles. The number of allylic oxidation sites excluding steroid dienone is 1. The van der Waals surface area contributed by atoms with Crippen molar-refractivity contribution in [1.82, 2.24) is 19.7 Å². The minimum Gasteiger partial charge on any atom is -0.483 e. The van der Waals surface area contributed by atoms with Gasteiger partial charge in [-0.15, -0.1) is 16.8 Å². The number of benzene rings is 1. The number of anilines is 1. The van der Waals surface area contributed by atoms with Gasteiger partial charge >= 0.3 is 0 Å². The first-order chi connectivity index (χ1) is 14.9. The molecule has 31 heavy (non-hydrogen) atoms. The molecular weight excluding hydrogens is 434 g/mol. The van der Waals surface area contributed by atoms with E-state index in [4.69, 9.17) is 16.3 Å². The van der Waals surface area contributed by atoms with Crippen LogP contribution >= 0.6 is 23.4 Å². The molecule has 0 aliphatic rings. The Morgan fingerprint density at radius 1 is 1.29 bits per heavy atom. The smallest absolute Gasteiger partial charge is 0.236 e. The summed E-state index contributed by atoms with van der Waals surface area (Å²) in [6.45, 7) is 10.3. The Morgan fingerprint density at radius 3 is 2.68 bits per heavy atom. The molecule has 0 bridgehead atoms. The molecule has 9 heteroatoms. The minimum absolute atomic E-state index is 0.159. The van der Waals surface area contributed by atoms with Crippen molar-refractivity contribution in [1.29, 1.82) is 0 Å². The maximum atomic E-state index is 12.3. The zero-order valence-corrected chi connectivity index (χ0v) is 19.2. The third-order valence-corrected chi connectivity index (χ3v) is 5.45. The number of hydrogen-bond acceptors (Lipinski definition) is 6. The predicted molar refractivity (Wildman–Crippen MR) is 124 cm³/mol. The predicted octanol–water partition coefficient (Wildman–Crippen LogP) is 5.00. The first-order valence-corrected chi connectivity index (χ1v) is 11.0. The molecular formula is C22H24ClN5O2S. The minimum atomic E-state index is -0.324. The monoisotopic (exact) mass is 457 g/mol. The van der Waals surface area contributed by atoms with Crippen LogP contribution in [-0.4, -0.2) is 31.4 Å². The number of aromatic nitrogens is 4. The van der Waals surface area contributed by atoms with E-state index in [1.165, 1.54) is 18.0 Å². The molecule has 0 aliphatic heterocycles. The molecule has 0 saturated carbocycles. The third kappa shape index (κ3) is 6.32. The first kappa shape index (κ1) is 22.8. The maximum absolute atomic E-state index is 12.3. The van der Waals surface area contributed by atoms with Gasteiger partial charge in [0.2, 0.25) is 5.91 Å². The molecule has 0 fully saturated rings. The second-order valence-corrected chi connectivity index (χ2v) is 8.40. The van der Waals surface area contributed by atoms with Crippen LogP contribution in [0.5, 0.6) is 5.75 Å². The standard InChI is InChI=1S/C22H24ClN5O2S/c1-5-8-28-21(16(4)30-18-10-14(2)9-15(3)11-18)26-27-22(28)31-13-20(29)25-19-7-6-17(23)12-24-19/h5-7,9-12,16H,1,8,13H2,2-4H3,(H,24,25,29)/t16-/m1/s1. The lowest BCUT2D eigenvalue weighted by Gasteiger charge is -2.16. The van der Waals surface area contributed by atoms with Gasteiger partial charge in [-0.2, -0.15) is 0 Å². The van der Waals surface area contributed by atoms with Gasteiger partial charge in [-0.05, 0) is 56.2 Å². The van der Waals surface area contributed by atoms with Crippen molar-refractivity contribution in [3.05, 3.63) is 71.2 Å². The Kier molecular flexibility index (Phi) is 7.70. The molecule has 0 spiro atoms. The summed E-state index contributed by atoms with van der Waals surface area (Å²) >= 11 is 7.10. The van der Waals surface area contributed by atoms with E-state index in [1.807, 2.05) is 37.5 Å². The van der Waals surface area contributed by atoms with Crippen LogP contribution in [0.15, 0.2) is 54.3 Å². The zero-order valence-electron chi connectivity index (χ0n) is 17.6. The number of nitrogens with one attached hydrogen (secondary N) is 1. The molecule has 3 aromatic rings. The van der Waals surface area contributed by atoms with Crippen molar-refractivity contribution in [2.75, 3.05) is 11.1 Å². The van der Waals surface area contributed by atoms with Gasteiger partial charge in [-0.25, -0.2) is 4.98 Å². The number of aryl methyl sites for hydroxylation is 2. The SMILES string of the molecule is C=CCn1c(SCC(=O)Nc2ccc(Cl)cn2)nnc1[C@@H](C)Oc1cc(C)cc(C)c1. The first-order valence-electron chi connectivity index (χ1n) is 9.69. The topological polar surface area (TPSA) is 81.9 Å². The summed E-state index contributed by atoms with van der Waals surface area (Å²) in [5, 5.41) is 12.4. The van der Waals surface area contributed by atoms with E-state index in [2.05, 4.69) is 33.1 Å². The number of carbonyl (C=O) groups is 1. The van der Waals surface area contributed by atoms with Crippen molar-refractivity contribution in [2.45, 2.75) is 38.6 Å². The highest BCUT2D eigenvalue weighted by molar-refractivity contribution is 7.99. The van der Waals surface area contributed by atoms with E-state index < -0.39 is 0 Å². The van der Waals surface area contributed by atoms with Gasteiger partial charge < -0.3 is 10.1 Å². The highest BCUT2D eigenvalue weighted by Gasteiger charge is 2.20. The van der Waals surface area contributed by atoms with E-state index in [-0.39, 0.29) is 17.8 Å². The quantitative estimate of drug-likeness (QED) is 0.359. The molecule has 7 nitrogen and oxygen atoms in total. The number of amides is 1. The van der Waals surface area contributed by atoms with Crippen molar-refractivity contribution < 1.29 is 9.53 Å². The summed E-state index contributed by atoms with van der Waals surface area (Å²) in [5.74, 6) is 1.85. The highest BCUT2D eigenvalue weighted by atomic mass is 35.5. The van der Waals surface area contributed by atoms with Crippen LogP contribution in [0.1, 0.15) is 30.0 Å². The van der Waals surface area contributed by atoms with Gasteiger partial charge in [0.25, 0.3) is 0 Å². The van der Waals surface area contributed by atoms with Crippen LogP contribution in [-0.2, 0) is 11.3 Å². The lowest BCUT2D eigenvalue weighted by molar-refractivity contribution is -0.113.